The standard InChI is InChI=1S/C13H16N2S/c1-3-10(2)15-13(16)9-12(14-15)11-7-5-4-6-8-11/h4-10,14H,3H2,1-2H3. The van der Waals surface area contributed by atoms with Gasteiger partial charge in [-0.05, 0) is 25.0 Å². The molecule has 1 unspecified atom stereocenters. The first-order chi connectivity index (χ1) is 7.72. The van der Waals surface area contributed by atoms with Crippen LogP contribution in [0.15, 0.2) is 36.4 Å². The summed E-state index contributed by atoms with van der Waals surface area (Å²) in [6, 6.07) is 12.7. The number of H-pyrrole nitrogens is 1. The molecule has 0 radical (unpaired) electrons. The highest BCUT2D eigenvalue weighted by atomic mass is 32.1. The van der Waals surface area contributed by atoms with E-state index in [9.17, 15) is 0 Å². The van der Waals surface area contributed by atoms with Crippen LogP contribution in [0.25, 0.3) is 11.3 Å². The summed E-state index contributed by atoms with van der Waals surface area (Å²) >= 11 is 5.35. The maximum absolute atomic E-state index is 5.35. The Kier molecular flexibility index (Phi) is 3.25. The van der Waals surface area contributed by atoms with Gasteiger partial charge in [0.1, 0.15) is 4.64 Å². The lowest BCUT2D eigenvalue weighted by Crippen LogP contribution is -2.05. The van der Waals surface area contributed by atoms with Crippen molar-refractivity contribution in [3.63, 3.8) is 0 Å². The summed E-state index contributed by atoms with van der Waals surface area (Å²) in [5, 5.41) is 3.36. The zero-order valence-electron chi connectivity index (χ0n) is 9.60. The Morgan fingerprint density at radius 1 is 1.31 bits per heavy atom. The van der Waals surface area contributed by atoms with E-state index in [2.05, 4.69) is 35.8 Å². The van der Waals surface area contributed by atoms with E-state index in [0.717, 1.165) is 16.8 Å². The Labute approximate surface area is 101 Å². The van der Waals surface area contributed by atoms with E-state index in [1.807, 2.05) is 24.3 Å². The van der Waals surface area contributed by atoms with Crippen molar-refractivity contribution in [2.75, 3.05) is 0 Å². The monoisotopic (exact) mass is 232 g/mol. The summed E-state index contributed by atoms with van der Waals surface area (Å²) < 4.78 is 2.92. The lowest BCUT2D eigenvalue weighted by molar-refractivity contribution is 0.474. The van der Waals surface area contributed by atoms with Crippen LogP contribution in [0.4, 0.5) is 0 Å². The van der Waals surface area contributed by atoms with Crippen LogP contribution < -0.4 is 0 Å². The lowest BCUT2D eigenvalue weighted by Gasteiger charge is -2.10. The van der Waals surface area contributed by atoms with E-state index in [4.69, 9.17) is 12.2 Å². The number of hydrogen-bond donors (Lipinski definition) is 1. The van der Waals surface area contributed by atoms with Gasteiger partial charge in [-0.15, -0.1) is 0 Å². The molecule has 0 bridgehead atoms. The SMILES string of the molecule is CCC(C)n1[nH]c(-c2ccccc2)cc1=S. The number of benzene rings is 1. The fourth-order valence-corrected chi connectivity index (χ4v) is 2.03. The predicted molar refractivity (Wildman–Crippen MR) is 70.1 cm³/mol. The van der Waals surface area contributed by atoms with Crippen molar-refractivity contribution in [1.29, 1.82) is 0 Å². The van der Waals surface area contributed by atoms with E-state index in [0.29, 0.717) is 6.04 Å². The summed E-state index contributed by atoms with van der Waals surface area (Å²) in [5.41, 5.74) is 2.27. The summed E-state index contributed by atoms with van der Waals surface area (Å²) in [4.78, 5) is 0. The van der Waals surface area contributed by atoms with Crippen LogP contribution in [0.2, 0.25) is 0 Å². The summed E-state index contributed by atoms with van der Waals surface area (Å²) in [7, 11) is 0. The molecule has 2 nitrogen and oxygen atoms in total. The Bertz CT molecular complexity index is 510. The first kappa shape index (κ1) is 11.1. The third kappa shape index (κ3) is 2.09. The molecule has 1 aromatic heterocycles. The van der Waals surface area contributed by atoms with Gasteiger partial charge in [0.05, 0.1) is 5.69 Å². The smallest absolute Gasteiger partial charge is 0.122 e. The number of aromatic amines is 1. The summed E-state index contributed by atoms with van der Waals surface area (Å²) in [6.07, 6.45) is 1.07. The zero-order valence-corrected chi connectivity index (χ0v) is 10.4. The maximum Gasteiger partial charge on any atom is 0.122 e. The molecule has 16 heavy (non-hydrogen) atoms. The molecule has 0 saturated carbocycles. The van der Waals surface area contributed by atoms with E-state index >= 15 is 0 Å². The molecule has 84 valence electrons. The Balaban J connectivity index is 2.42. The van der Waals surface area contributed by atoms with Gasteiger partial charge in [0, 0.05) is 6.04 Å². The molecule has 1 atom stereocenters. The molecule has 1 aromatic carbocycles. The molecule has 0 saturated heterocycles. The minimum absolute atomic E-state index is 0.421. The van der Waals surface area contributed by atoms with Gasteiger partial charge in [0.15, 0.2) is 0 Å². The fourth-order valence-electron chi connectivity index (χ4n) is 1.69. The fraction of sp³-hybridized carbons (Fsp3) is 0.308. The van der Waals surface area contributed by atoms with Gasteiger partial charge in [-0.2, -0.15) is 0 Å². The van der Waals surface area contributed by atoms with Crippen LogP contribution in [-0.4, -0.2) is 9.78 Å². The second kappa shape index (κ2) is 4.66. The van der Waals surface area contributed by atoms with Gasteiger partial charge in [-0.1, -0.05) is 49.5 Å². The molecule has 0 aliphatic heterocycles. The van der Waals surface area contributed by atoms with Crippen molar-refractivity contribution in [3.05, 3.63) is 41.0 Å². The van der Waals surface area contributed by atoms with E-state index < -0.39 is 0 Å². The minimum atomic E-state index is 0.421. The van der Waals surface area contributed by atoms with Crippen LogP contribution in [-0.2, 0) is 0 Å². The molecule has 2 rings (SSSR count). The Morgan fingerprint density at radius 3 is 2.62 bits per heavy atom. The molecule has 3 heteroatoms. The predicted octanol–water partition coefficient (Wildman–Crippen LogP) is 4.18. The molecule has 1 N–H and O–H groups in total. The second-order valence-corrected chi connectivity index (χ2v) is 4.42. The van der Waals surface area contributed by atoms with Crippen molar-refractivity contribution < 1.29 is 0 Å². The Hall–Kier alpha value is -1.35. The third-order valence-electron chi connectivity index (χ3n) is 2.86. The Morgan fingerprint density at radius 2 is 2.00 bits per heavy atom. The normalized spacial score (nSPS) is 12.6. The van der Waals surface area contributed by atoms with Crippen molar-refractivity contribution in [3.8, 4) is 11.3 Å². The minimum Gasteiger partial charge on any atom is -0.297 e. The molecule has 2 aromatic rings. The first-order valence-electron chi connectivity index (χ1n) is 5.59. The molecule has 1 heterocycles. The molecular weight excluding hydrogens is 216 g/mol. The first-order valence-corrected chi connectivity index (χ1v) is 6.00. The van der Waals surface area contributed by atoms with Crippen molar-refractivity contribution in [2.24, 2.45) is 0 Å². The van der Waals surface area contributed by atoms with Gasteiger partial charge in [0.2, 0.25) is 0 Å². The molecule has 0 aliphatic rings. The molecule has 0 spiro atoms. The molecular formula is C13H16N2S. The van der Waals surface area contributed by atoms with E-state index in [1.54, 1.807) is 0 Å². The van der Waals surface area contributed by atoms with Crippen LogP contribution in [0.3, 0.4) is 0 Å². The third-order valence-corrected chi connectivity index (χ3v) is 3.18. The van der Waals surface area contributed by atoms with Crippen molar-refractivity contribution in [1.82, 2.24) is 9.78 Å². The number of aromatic nitrogens is 2. The van der Waals surface area contributed by atoms with Gasteiger partial charge >= 0.3 is 0 Å². The quantitative estimate of drug-likeness (QED) is 0.787. The lowest BCUT2D eigenvalue weighted by atomic mass is 10.2. The average molecular weight is 232 g/mol. The van der Waals surface area contributed by atoms with Crippen LogP contribution in [0.1, 0.15) is 26.3 Å². The van der Waals surface area contributed by atoms with Gasteiger partial charge in [-0.25, -0.2) is 0 Å². The van der Waals surface area contributed by atoms with Crippen LogP contribution in [0.5, 0.6) is 0 Å². The van der Waals surface area contributed by atoms with Crippen LogP contribution >= 0.6 is 12.2 Å². The number of nitrogens with one attached hydrogen (secondary N) is 1. The van der Waals surface area contributed by atoms with Gasteiger partial charge in [0.25, 0.3) is 0 Å². The van der Waals surface area contributed by atoms with Gasteiger partial charge < -0.3 is 0 Å². The summed E-state index contributed by atoms with van der Waals surface area (Å²) in [5.74, 6) is 0. The van der Waals surface area contributed by atoms with E-state index in [1.165, 1.54) is 5.56 Å². The highest BCUT2D eigenvalue weighted by Gasteiger charge is 2.06. The van der Waals surface area contributed by atoms with Crippen LogP contribution in [0, 0.1) is 4.64 Å². The second-order valence-electron chi connectivity index (χ2n) is 4.00. The maximum atomic E-state index is 5.35. The average Bonchev–Trinajstić information content (AvgIpc) is 2.71. The van der Waals surface area contributed by atoms with Crippen molar-refractivity contribution >= 4 is 12.2 Å². The van der Waals surface area contributed by atoms with E-state index in [-0.39, 0.29) is 0 Å². The number of nitrogens with zero attached hydrogens (tertiary/aromatic N) is 1. The molecule has 0 fully saturated rings. The molecule has 0 aliphatic carbocycles. The highest BCUT2D eigenvalue weighted by molar-refractivity contribution is 7.71. The molecule has 0 amide bonds. The number of hydrogen-bond acceptors (Lipinski definition) is 1. The highest BCUT2D eigenvalue weighted by Crippen LogP contribution is 2.19. The number of rotatable bonds is 3. The van der Waals surface area contributed by atoms with Gasteiger partial charge in [-0.3, -0.25) is 9.78 Å². The largest absolute Gasteiger partial charge is 0.297 e. The summed E-state index contributed by atoms with van der Waals surface area (Å²) in [6.45, 7) is 4.33. The topological polar surface area (TPSA) is 20.7 Å². The zero-order chi connectivity index (χ0) is 11.5. The van der Waals surface area contributed by atoms with Crippen molar-refractivity contribution in [2.45, 2.75) is 26.3 Å².